The van der Waals surface area contributed by atoms with E-state index < -0.39 is 0 Å². The van der Waals surface area contributed by atoms with E-state index in [9.17, 15) is 4.39 Å². The van der Waals surface area contributed by atoms with Crippen LogP contribution in [0.3, 0.4) is 0 Å². The average molecular weight is 325 g/mol. The molecule has 0 unspecified atom stereocenters. The van der Waals surface area contributed by atoms with Crippen molar-refractivity contribution in [2.24, 2.45) is 0 Å². The first-order valence-electron chi connectivity index (χ1n) is 6.49. The molecule has 0 amide bonds. The van der Waals surface area contributed by atoms with Crippen LogP contribution in [0, 0.1) is 5.82 Å². The summed E-state index contributed by atoms with van der Waals surface area (Å²) >= 11 is 3.43. The van der Waals surface area contributed by atoms with Gasteiger partial charge in [-0.2, -0.15) is 4.68 Å². The van der Waals surface area contributed by atoms with E-state index in [-0.39, 0.29) is 5.82 Å². The first-order valence-corrected chi connectivity index (χ1v) is 7.28. The Balaban J connectivity index is 2.01. The smallest absolute Gasteiger partial charge is 0.159 e. The second-order valence-corrected chi connectivity index (χ2v) is 5.73. The summed E-state index contributed by atoms with van der Waals surface area (Å²) in [7, 11) is 0. The van der Waals surface area contributed by atoms with Crippen LogP contribution in [0.25, 0.3) is 5.69 Å². The van der Waals surface area contributed by atoms with Crippen LogP contribution in [0.2, 0.25) is 0 Å². The fourth-order valence-corrected chi connectivity index (χ4v) is 3.04. The molecule has 1 heterocycles. The number of halogens is 2. The third-order valence-electron chi connectivity index (χ3n) is 3.60. The number of rotatable bonds is 2. The maximum absolute atomic E-state index is 13.4. The standard InChI is InChI=1S/C13H14BrFN4/c14-11-7-6-10(15)8-12(11)19-13(16-17-18-19)9-4-2-1-3-5-9/h6-9H,1-5H2. The second-order valence-electron chi connectivity index (χ2n) is 4.88. The van der Waals surface area contributed by atoms with Crippen molar-refractivity contribution in [3.63, 3.8) is 0 Å². The van der Waals surface area contributed by atoms with E-state index in [4.69, 9.17) is 0 Å². The minimum Gasteiger partial charge on any atom is -0.207 e. The number of hydrogen-bond donors (Lipinski definition) is 0. The lowest BCUT2D eigenvalue weighted by Gasteiger charge is -2.20. The molecular weight excluding hydrogens is 311 g/mol. The van der Waals surface area contributed by atoms with Crippen LogP contribution in [-0.4, -0.2) is 20.2 Å². The van der Waals surface area contributed by atoms with Gasteiger partial charge in [-0.15, -0.1) is 5.10 Å². The zero-order chi connectivity index (χ0) is 13.2. The van der Waals surface area contributed by atoms with Gasteiger partial charge in [-0.3, -0.25) is 0 Å². The molecule has 6 heteroatoms. The zero-order valence-electron chi connectivity index (χ0n) is 10.4. The Morgan fingerprint density at radius 1 is 1.21 bits per heavy atom. The molecule has 0 saturated heterocycles. The quantitative estimate of drug-likeness (QED) is 0.847. The van der Waals surface area contributed by atoms with Crippen molar-refractivity contribution in [3.8, 4) is 5.69 Å². The highest BCUT2D eigenvalue weighted by molar-refractivity contribution is 9.10. The number of aromatic nitrogens is 4. The minimum absolute atomic E-state index is 0.289. The van der Waals surface area contributed by atoms with Crippen molar-refractivity contribution in [2.75, 3.05) is 0 Å². The molecule has 0 bridgehead atoms. The summed E-state index contributed by atoms with van der Waals surface area (Å²) in [6.45, 7) is 0. The Kier molecular flexibility index (Phi) is 3.59. The van der Waals surface area contributed by atoms with Crippen LogP contribution in [-0.2, 0) is 0 Å². The molecule has 1 aliphatic carbocycles. The van der Waals surface area contributed by atoms with Crippen LogP contribution in [0.15, 0.2) is 22.7 Å². The maximum atomic E-state index is 13.4. The van der Waals surface area contributed by atoms with Gasteiger partial charge in [0.2, 0.25) is 0 Å². The van der Waals surface area contributed by atoms with Gasteiger partial charge in [0.25, 0.3) is 0 Å². The molecule has 0 N–H and O–H groups in total. The molecular formula is C13H14BrFN4. The highest BCUT2D eigenvalue weighted by Crippen LogP contribution is 2.33. The lowest BCUT2D eigenvalue weighted by molar-refractivity contribution is 0.422. The van der Waals surface area contributed by atoms with E-state index in [1.54, 1.807) is 10.7 Å². The van der Waals surface area contributed by atoms with Gasteiger partial charge >= 0.3 is 0 Å². The Morgan fingerprint density at radius 2 is 2.00 bits per heavy atom. The van der Waals surface area contributed by atoms with E-state index >= 15 is 0 Å². The molecule has 1 fully saturated rings. The Morgan fingerprint density at radius 3 is 2.79 bits per heavy atom. The third kappa shape index (κ3) is 2.54. The SMILES string of the molecule is Fc1ccc(Br)c(-n2nnnc2C2CCCCC2)c1. The lowest BCUT2D eigenvalue weighted by atomic mass is 9.89. The molecule has 19 heavy (non-hydrogen) atoms. The van der Waals surface area contributed by atoms with Crippen LogP contribution >= 0.6 is 15.9 Å². The molecule has 0 spiro atoms. The summed E-state index contributed by atoms with van der Waals surface area (Å²) in [5.74, 6) is 0.924. The molecule has 0 aliphatic heterocycles. The van der Waals surface area contributed by atoms with Gasteiger partial charge in [0.15, 0.2) is 5.82 Å². The summed E-state index contributed by atoms with van der Waals surface area (Å²) in [6.07, 6.45) is 5.91. The van der Waals surface area contributed by atoms with Crippen LogP contribution < -0.4 is 0 Å². The first-order chi connectivity index (χ1) is 9.25. The van der Waals surface area contributed by atoms with Crippen molar-refractivity contribution in [2.45, 2.75) is 38.0 Å². The van der Waals surface area contributed by atoms with Crippen molar-refractivity contribution < 1.29 is 4.39 Å². The Bertz CT molecular complexity index is 578. The van der Waals surface area contributed by atoms with Gasteiger partial charge in [0, 0.05) is 16.5 Å². The minimum atomic E-state index is -0.289. The summed E-state index contributed by atoms with van der Waals surface area (Å²) in [4.78, 5) is 0. The topological polar surface area (TPSA) is 43.6 Å². The van der Waals surface area contributed by atoms with Crippen molar-refractivity contribution in [1.82, 2.24) is 20.2 Å². The summed E-state index contributed by atoms with van der Waals surface area (Å²) in [5, 5.41) is 11.9. The molecule has 4 nitrogen and oxygen atoms in total. The molecule has 1 aliphatic rings. The van der Waals surface area contributed by atoms with Gasteiger partial charge in [0.1, 0.15) is 5.82 Å². The molecule has 0 atom stereocenters. The molecule has 100 valence electrons. The predicted octanol–water partition coefficient (Wildman–Crippen LogP) is 3.61. The summed E-state index contributed by atoms with van der Waals surface area (Å²) < 4.78 is 15.9. The second kappa shape index (κ2) is 5.36. The first kappa shape index (κ1) is 12.7. The van der Waals surface area contributed by atoms with Crippen molar-refractivity contribution in [3.05, 3.63) is 34.3 Å². The van der Waals surface area contributed by atoms with Gasteiger partial charge in [-0.25, -0.2) is 4.39 Å². The lowest BCUT2D eigenvalue weighted by Crippen LogP contribution is -2.12. The van der Waals surface area contributed by atoms with Crippen molar-refractivity contribution in [1.29, 1.82) is 0 Å². The van der Waals surface area contributed by atoms with Crippen molar-refractivity contribution >= 4 is 15.9 Å². The van der Waals surface area contributed by atoms with Crippen LogP contribution in [0.1, 0.15) is 43.8 Å². The van der Waals surface area contributed by atoms with Gasteiger partial charge in [-0.1, -0.05) is 19.3 Å². The largest absolute Gasteiger partial charge is 0.207 e. The highest BCUT2D eigenvalue weighted by atomic mass is 79.9. The van der Waals surface area contributed by atoms with Crippen LogP contribution in [0.4, 0.5) is 4.39 Å². The summed E-state index contributed by atoms with van der Waals surface area (Å²) in [5.41, 5.74) is 0.658. The summed E-state index contributed by atoms with van der Waals surface area (Å²) in [6, 6.07) is 4.54. The fourth-order valence-electron chi connectivity index (χ4n) is 2.63. The highest BCUT2D eigenvalue weighted by Gasteiger charge is 2.23. The van der Waals surface area contributed by atoms with E-state index in [2.05, 4.69) is 31.5 Å². The number of tetrazole rings is 1. The van der Waals surface area contributed by atoms with E-state index in [1.807, 2.05) is 0 Å². The van der Waals surface area contributed by atoms with E-state index in [1.165, 1.54) is 31.4 Å². The Labute approximate surface area is 119 Å². The molecule has 3 rings (SSSR count). The maximum Gasteiger partial charge on any atom is 0.159 e. The zero-order valence-corrected chi connectivity index (χ0v) is 12.0. The van der Waals surface area contributed by atoms with E-state index in [0.717, 1.165) is 23.1 Å². The molecule has 1 aromatic carbocycles. The fraction of sp³-hybridized carbons (Fsp3) is 0.462. The molecule has 1 saturated carbocycles. The number of hydrogen-bond acceptors (Lipinski definition) is 3. The molecule has 2 aromatic rings. The number of nitrogens with zero attached hydrogens (tertiary/aromatic N) is 4. The predicted molar refractivity (Wildman–Crippen MR) is 72.6 cm³/mol. The number of benzene rings is 1. The van der Waals surface area contributed by atoms with Crippen LogP contribution in [0.5, 0.6) is 0 Å². The third-order valence-corrected chi connectivity index (χ3v) is 4.27. The van der Waals surface area contributed by atoms with Gasteiger partial charge in [-0.05, 0) is 51.3 Å². The van der Waals surface area contributed by atoms with E-state index in [0.29, 0.717) is 11.6 Å². The molecule has 0 radical (unpaired) electrons. The normalized spacial score (nSPS) is 16.7. The van der Waals surface area contributed by atoms with Gasteiger partial charge < -0.3 is 0 Å². The molecule has 1 aromatic heterocycles. The van der Waals surface area contributed by atoms with Gasteiger partial charge in [0.05, 0.1) is 5.69 Å². The Hall–Kier alpha value is -1.30. The monoisotopic (exact) mass is 324 g/mol. The average Bonchev–Trinajstić information content (AvgIpc) is 2.91.